The van der Waals surface area contributed by atoms with Crippen LogP contribution in [0.3, 0.4) is 0 Å². The highest BCUT2D eigenvalue weighted by molar-refractivity contribution is 9.10. The number of hydrogen-bond acceptors (Lipinski definition) is 2. The first-order chi connectivity index (χ1) is 7.44. The molecule has 0 bridgehead atoms. The van der Waals surface area contributed by atoms with Gasteiger partial charge in [-0.3, -0.25) is 0 Å². The van der Waals surface area contributed by atoms with E-state index in [4.69, 9.17) is 9.47 Å². The molecule has 2 rings (SSSR count). The Hall–Kier alpha value is -0.700. The lowest BCUT2D eigenvalue weighted by molar-refractivity contribution is 0.122. The van der Waals surface area contributed by atoms with E-state index in [-0.39, 0.29) is 5.60 Å². The van der Waals surface area contributed by atoms with Crippen molar-refractivity contribution in [2.75, 3.05) is 0 Å². The molecule has 0 heterocycles. The first-order valence-corrected chi connectivity index (χ1v) is 6.38. The van der Waals surface area contributed by atoms with Gasteiger partial charge in [0.25, 0.3) is 0 Å². The molecule has 0 amide bonds. The summed E-state index contributed by atoms with van der Waals surface area (Å²) in [5.41, 5.74) is -0.206. The molecule has 16 heavy (non-hydrogen) atoms. The molecule has 0 N–H and O–H groups in total. The van der Waals surface area contributed by atoms with Crippen molar-refractivity contribution in [3.05, 3.63) is 22.7 Å². The Bertz CT molecular complexity index is 378. The summed E-state index contributed by atoms with van der Waals surface area (Å²) in [4.78, 5) is 0. The van der Waals surface area contributed by atoms with Crippen molar-refractivity contribution < 1.29 is 9.47 Å². The van der Waals surface area contributed by atoms with E-state index in [9.17, 15) is 0 Å². The quantitative estimate of drug-likeness (QED) is 0.830. The molecular formula is C13H17BrO2. The predicted octanol–water partition coefficient (Wildman–Crippen LogP) is 4.17. The first-order valence-electron chi connectivity index (χ1n) is 5.59. The highest BCUT2D eigenvalue weighted by Crippen LogP contribution is 2.37. The van der Waals surface area contributed by atoms with Crippen LogP contribution in [0.1, 0.15) is 33.6 Å². The monoisotopic (exact) mass is 284 g/mol. The summed E-state index contributed by atoms with van der Waals surface area (Å²) < 4.78 is 12.7. The van der Waals surface area contributed by atoms with Crippen LogP contribution in [0.4, 0.5) is 0 Å². The van der Waals surface area contributed by atoms with Crippen molar-refractivity contribution in [2.45, 2.75) is 45.3 Å². The standard InChI is InChI=1S/C13H17BrO2/c1-13(2,3)16-12-8-9(14)4-7-11(12)15-10-5-6-10/h4,7-8,10H,5-6H2,1-3H3. The Labute approximate surface area is 105 Å². The molecule has 1 aliphatic carbocycles. The van der Waals surface area contributed by atoms with Crippen LogP contribution in [0, 0.1) is 0 Å². The molecule has 1 aliphatic rings. The maximum absolute atomic E-state index is 5.89. The molecule has 3 heteroatoms. The van der Waals surface area contributed by atoms with Gasteiger partial charge in [-0.2, -0.15) is 0 Å². The highest BCUT2D eigenvalue weighted by Gasteiger charge is 2.25. The molecule has 88 valence electrons. The summed E-state index contributed by atoms with van der Waals surface area (Å²) >= 11 is 3.45. The highest BCUT2D eigenvalue weighted by atomic mass is 79.9. The topological polar surface area (TPSA) is 18.5 Å². The first kappa shape index (κ1) is 11.8. The summed E-state index contributed by atoms with van der Waals surface area (Å²) in [7, 11) is 0. The van der Waals surface area contributed by atoms with E-state index in [1.54, 1.807) is 0 Å². The van der Waals surface area contributed by atoms with Crippen molar-refractivity contribution in [3.8, 4) is 11.5 Å². The van der Waals surface area contributed by atoms with Crippen LogP contribution in [0.15, 0.2) is 22.7 Å². The van der Waals surface area contributed by atoms with Crippen molar-refractivity contribution in [1.29, 1.82) is 0 Å². The lowest BCUT2D eigenvalue weighted by Gasteiger charge is -2.23. The van der Waals surface area contributed by atoms with Crippen LogP contribution in [-0.4, -0.2) is 11.7 Å². The van der Waals surface area contributed by atoms with Crippen LogP contribution in [0.25, 0.3) is 0 Å². The number of halogens is 1. The second-order valence-electron chi connectivity index (χ2n) is 5.12. The molecule has 1 fully saturated rings. The summed E-state index contributed by atoms with van der Waals surface area (Å²) in [5.74, 6) is 1.66. The maximum atomic E-state index is 5.89. The third-order valence-corrected chi connectivity index (χ3v) is 2.63. The Morgan fingerprint density at radius 1 is 1.19 bits per heavy atom. The van der Waals surface area contributed by atoms with E-state index >= 15 is 0 Å². The zero-order valence-electron chi connectivity index (χ0n) is 9.92. The van der Waals surface area contributed by atoms with Gasteiger partial charge in [0, 0.05) is 4.47 Å². The van der Waals surface area contributed by atoms with Gasteiger partial charge in [0.1, 0.15) is 5.60 Å². The summed E-state index contributed by atoms with van der Waals surface area (Å²) in [6.45, 7) is 6.11. The lowest BCUT2D eigenvalue weighted by Crippen LogP contribution is -2.23. The Balaban J connectivity index is 2.20. The second kappa shape index (κ2) is 4.28. The zero-order chi connectivity index (χ0) is 11.8. The fourth-order valence-corrected chi connectivity index (χ4v) is 1.69. The molecular weight excluding hydrogens is 268 g/mol. The predicted molar refractivity (Wildman–Crippen MR) is 68.2 cm³/mol. The van der Waals surface area contributed by atoms with E-state index in [1.165, 1.54) is 0 Å². The number of ether oxygens (including phenoxy) is 2. The lowest BCUT2D eigenvalue weighted by atomic mass is 10.2. The Morgan fingerprint density at radius 3 is 2.44 bits per heavy atom. The fraction of sp³-hybridized carbons (Fsp3) is 0.538. The summed E-state index contributed by atoms with van der Waals surface area (Å²) in [6.07, 6.45) is 2.71. The third-order valence-electron chi connectivity index (χ3n) is 2.14. The minimum Gasteiger partial charge on any atom is -0.487 e. The van der Waals surface area contributed by atoms with Crippen molar-refractivity contribution in [2.24, 2.45) is 0 Å². The van der Waals surface area contributed by atoms with Crippen molar-refractivity contribution in [3.63, 3.8) is 0 Å². The van der Waals surface area contributed by atoms with Crippen molar-refractivity contribution >= 4 is 15.9 Å². The molecule has 2 nitrogen and oxygen atoms in total. The molecule has 0 radical (unpaired) electrons. The van der Waals surface area contributed by atoms with Crippen LogP contribution in [0.5, 0.6) is 11.5 Å². The SMILES string of the molecule is CC(C)(C)Oc1cc(Br)ccc1OC1CC1. The second-order valence-corrected chi connectivity index (χ2v) is 6.04. The van der Waals surface area contributed by atoms with Crippen LogP contribution in [-0.2, 0) is 0 Å². The molecule has 1 aromatic rings. The molecule has 1 saturated carbocycles. The van der Waals surface area contributed by atoms with Crippen LogP contribution >= 0.6 is 15.9 Å². The van der Waals surface area contributed by atoms with E-state index in [0.717, 1.165) is 28.8 Å². The van der Waals surface area contributed by atoms with Gasteiger partial charge in [-0.25, -0.2) is 0 Å². The molecule has 0 spiro atoms. The van der Waals surface area contributed by atoms with E-state index in [0.29, 0.717) is 6.10 Å². The van der Waals surface area contributed by atoms with Gasteiger partial charge in [-0.05, 0) is 51.8 Å². The molecule has 0 aromatic heterocycles. The minimum atomic E-state index is -0.206. The number of hydrogen-bond donors (Lipinski definition) is 0. The molecule has 1 aromatic carbocycles. The van der Waals surface area contributed by atoms with E-state index in [1.807, 2.05) is 39.0 Å². The largest absolute Gasteiger partial charge is 0.487 e. The van der Waals surface area contributed by atoms with Gasteiger partial charge in [-0.15, -0.1) is 0 Å². The molecule has 0 atom stereocenters. The van der Waals surface area contributed by atoms with E-state index in [2.05, 4.69) is 15.9 Å². The Kier molecular flexibility index (Phi) is 3.15. The van der Waals surface area contributed by atoms with Crippen LogP contribution < -0.4 is 9.47 Å². The normalized spacial score (nSPS) is 16.0. The van der Waals surface area contributed by atoms with Gasteiger partial charge in [0.2, 0.25) is 0 Å². The summed E-state index contributed by atoms with van der Waals surface area (Å²) in [5, 5.41) is 0. The smallest absolute Gasteiger partial charge is 0.163 e. The number of benzene rings is 1. The van der Waals surface area contributed by atoms with E-state index < -0.39 is 0 Å². The van der Waals surface area contributed by atoms with Gasteiger partial charge in [0.05, 0.1) is 6.10 Å². The average Bonchev–Trinajstić information content (AvgIpc) is 2.91. The zero-order valence-corrected chi connectivity index (χ0v) is 11.5. The van der Waals surface area contributed by atoms with Gasteiger partial charge >= 0.3 is 0 Å². The molecule has 0 aliphatic heterocycles. The minimum absolute atomic E-state index is 0.206. The average molecular weight is 285 g/mol. The van der Waals surface area contributed by atoms with Crippen LogP contribution in [0.2, 0.25) is 0 Å². The fourth-order valence-electron chi connectivity index (χ4n) is 1.35. The molecule has 0 unspecified atom stereocenters. The molecule has 0 saturated heterocycles. The summed E-state index contributed by atoms with van der Waals surface area (Å²) in [6, 6.07) is 5.90. The van der Waals surface area contributed by atoms with Gasteiger partial charge < -0.3 is 9.47 Å². The third kappa shape index (κ3) is 3.41. The Morgan fingerprint density at radius 2 is 1.88 bits per heavy atom. The number of rotatable bonds is 3. The van der Waals surface area contributed by atoms with Gasteiger partial charge in [-0.1, -0.05) is 15.9 Å². The maximum Gasteiger partial charge on any atom is 0.163 e. The van der Waals surface area contributed by atoms with Gasteiger partial charge in [0.15, 0.2) is 11.5 Å². The van der Waals surface area contributed by atoms with Crippen molar-refractivity contribution in [1.82, 2.24) is 0 Å².